The van der Waals surface area contributed by atoms with Crippen LogP contribution in [0, 0.1) is 6.92 Å². The second-order valence-electron chi connectivity index (χ2n) is 5.68. The lowest BCUT2D eigenvalue weighted by molar-refractivity contribution is 0.0563. The van der Waals surface area contributed by atoms with Gasteiger partial charge in [-0.05, 0) is 25.1 Å². The number of methoxy groups -OCH3 is 1. The number of hydrogen-bond donors (Lipinski definition) is 0. The van der Waals surface area contributed by atoms with Gasteiger partial charge in [-0.1, -0.05) is 0 Å². The monoisotopic (exact) mass is 386 g/mol. The first-order valence-corrected chi connectivity index (χ1v) is 9.46. The van der Waals surface area contributed by atoms with Gasteiger partial charge >= 0.3 is 5.97 Å². The van der Waals surface area contributed by atoms with Gasteiger partial charge < -0.3 is 9.15 Å². The fourth-order valence-electron chi connectivity index (χ4n) is 2.76. The Morgan fingerprint density at radius 3 is 2.92 bits per heavy atom. The van der Waals surface area contributed by atoms with Crippen LogP contribution in [-0.2, 0) is 11.3 Å². The number of esters is 1. The Balaban J connectivity index is 1.80. The molecule has 0 spiro atoms. The second kappa shape index (κ2) is 6.54. The molecule has 0 saturated carbocycles. The van der Waals surface area contributed by atoms with Gasteiger partial charge in [-0.15, -0.1) is 22.7 Å². The zero-order chi connectivity index (χ0) is 18.3. The molecule has 0 unspecified atom stereocenters. The maximum absolute atomic E-state index is 13.1. The zero-order valence-electron chi connectivity index (χ0n) is 14.0. The zero-order valence-corrected chi connectivity index (χ0v) is 15.6. The lowest BCUT2D eigenvalue weighted by Gasteiger charge is -2.06. The molecule has 0 aliphatic heterocycles. The molecular weight excluding hydrogens is 372 g/mol. The molecule has 0 aliphatic carbocycles. The molecule has 8 heteroatoms. The van der Waals surface area contributed by atoms with Crippen molar-refractivity contribution in [3.63, 3.8) is 0 Å². The van der Waals surface area contributed by atoms with Crippen LogP contribution in [0.1, 0.15) is 21.0 Å². The molecule has 0 radical (unpaired) electrons. The molecule has 6 nitrogen and oxygen atoms in total. The smallest absolute Gasteiger partial charge is 0.374 e. The lowest BCUT2D eigenvalue weighted by Crippen LogP contribution is -2.21. The van der Waals surface area contributed by atoms with E-state index in [1.54, 1.807) is 17.4 Å². The average molecular weight is 386 g/mol. The summed E-state index contributed by atoms with van der Waals surface area (Å²) >= 11 is 3.09. The SMILES string of the molecule is COC(=O)c1occc1Cn1cnc2scc(-c3ccc(C)s3)c2c1=O. The summed E-state index contributed by atoms with van der Waals surface area (Å²) in [5.41, 5.74) is 1.33. The van der Waals surface area contributed by atoms with Crippen LogP contribution in [0.25, 0.3) is 20.7 Å². The Labute approximate surface area is 156 Å². The largest absolute Gasteiger partial charge is 0.463 e. The van der Waals surface area contributed by atoms with Crippen LogP contribution in [0.2, 0.25) is 0 Å². The van der Waals surface area contributed by atoms with Gasteiger partial charge in [0.2, 0.25) is 5.76 Å². The van der Waals surface area contributed by atoms with Crippen molar-refractivity contribution in [2.45, 2.75) is 13.5 Å². The van der Waals surface area contributed by atoms with Crippen LogP contribution in [0.3, 0.4) is 0 Å². The normalized spacial score (nSPS) is 11.2. The van der Waals surface area contributed by atoms with Crippen LogP contribution >= 0.6 is 22.7 Å². The maximum Gasteiger partial charge on any atom is 0.374 e. The van der Waals surface area contributed by atoms with E-state index in [0.717, 1.165) is 10.4 Å². The van der Waals surface area contributed by atoms with Gasteiger partial charge in [0.05, 0.1) is 31.6 Å². The quantitative estimate of drug-likeness (QED) is 0.497. The van der Waals surface area contributed by atoms with Gasteiger partial charge in [-0.3, -0.25) is 9.36 Å². The van der Waals surface area contributed by atoms with Gasteiger partial charge in [0, 0.05) is 26.3 Å². The van der Waals surface area contributed by atoms with E-state index in [-0.39, 0.29) is 17.9 Å². The highest BCUT2D eigenvalue weighted by molar-refractivity contribution is 7.19. The first-order chi connectivity index (χ1) is 12.6. The third-order valence-electron chi connectivity index (χ3n) is 4.02. The number of rotatable bonds is 4. The molecule has 0 atom stereocenters. The Kier molecular flexibility index (Phi) is 4.21. The molecule has 26 heavy (non-hydrogen) atoms. The second-order valence-corrected chi connectivity index (χ2v) is 7.83. The van der Waals surface area contributed by atoms with E-state index < -0.39 is 5.97 Å². The standard InChI is InChI=1S/C18H14N2O4S2/c1-10-3-4-13(26-10)12-8-25-16-14(12)17(21)20(9-19-16)7-11-5-6-24-15(11)18(22)23-2/h3-6,8-9H,7H2,1-2H3. The number of carbonyl (C=O) groups is 1. The molecule has 4 aromatic rings. The minimum absolute atomic E-state index is 0.0962. The maximum atomic E-state index is 13.1. The molecule has 4 rings (SSSR count). The highest BCUT2D eigenvalue weighted by atomic mass is 32.1. The summed E-state index contributed by atoms with van der Waals surface area (Å²) in [5, 5.41) is 2.56. The molecule has 4 heterocycles. The van der Waals surface area contributed by atoms with Gasteiger partial charge in [0.1, 0.15) is 4.83 Å². The number of fused-ring (bicyclic) bond motifs is 1. The summed E-state index contributed by atoms with van der Waals surface area (Å²) in [6.45, 7) is 2.22. The Bertz CT molecular complexity index is 1170. The summed E-state index contributed by atoms with van der Waals surface area (Å²) in [7, 11) is 1.29. The predicted octanol–water partition coefficient (Wildman–Crippen LogP) is 3.92. The average Bonchev–Trinajstić information content (AvgIpc) is 3.36. The van der Waals surface area contributed by atoms with Crippen molar-refractivity contribution >= 4 is 38.9 Å². The number of thiophene rings is 2. The van der Waals surface area contributed by atoms with Crippen LogP contribution in [-0.4, -0.2) is 22.6 Å². The van der Waals surface area contributed by atoms with Crippen molar-refractivity contribution in [2.75, 3.05) is 7.11 Å². The number of nitrogens with zero attached hydrogens (tertiary/aromatic N) is 2. The third-order valence-corrected chi connectivity index (χ3v) is 5.95. The molecule has 0 amide bonds. The highest BCUT2D eigenvalue weighted by Crippen LogP contribution is 2.34. The van der Waals surface area contributed by atoms with Crippen molar-refractivity contribution in [2.24, 2.45) is 0 Å². The Hall–Kier alpha value is -2.71. The van der Waals surface area contributed by atoms with Gasteiger partial charge in [0.25, 0.3) is 5.56 Å². The molecule has 0 fully saturated rings. The van der Waals surface area contributed by atoms with E-state index in [1.807, 2.05) is 24.4 Å². The highest BCUT2D eigenvalue weighted by Gasteiger charge is 2.19. The predicted molar refractivity (Wildman–Crippen MR) is 101 cm³/mol. The number of aromatic nitrogens is 2. The van der Waals surface area contributed by atoms with Crippen molar-refractivity contribution in [1.82, 2.24) is 9.55 Å². The first-order valence-electron chi connectivity index (χ1n) is 7.76. The van der Waals surface area contributed by atoms with E-state index in [0.29, 0.717) is 15.8 Å². The molecule has 132 valence electrons. The fraction of sp³-hybridized carbons (Fsp3) is 0.167. The van der Waals surface area contributed by atoms with Gasteiger partial charge in [-0.2, -0.15) is 0 Å². The van der Waals surface area contributed by atoms with E-state index >= 15 is 0 Å². The van der Waals surface area contributed by atoms with Crippen LogP contribution in [0.4, 0.5) is 0 Å². The number of carbonyl (C=O) groups excluding carboxylic acids is 1. The van der Waals surface area contributed by atoms with Crippen molar-refractivity contribution in [1.29, 1.82) is 0 Å². The topological polar surface area (TPSA) is 74.3 Å². The van der Waals surface area contributed by atoms with Crippen LogP contribution < -0.4 is 5.56 Å². The number of aryl methyl sites for hydroxylation is 1. The van der Waals surface area contributed by atoms with Crippen LogP contribution in [0.5, 0.6) is 0 Å². The summed E-state index contributed by atoms with van der Waals surface area (Å²) in [4.78, 5) is 32.2. The summed E-state index contributed by atoms with van der Waals surface area (Å²) in [6, 6.07) is 5.70. The molecule has 0 saturated heterocycles. The minimum Gasteiger partial charge on any atom is -0.463 e. The molecule has 0 N–H and O–H groups in total. The summed E-state index contributed by atoms with van der Waals surface area (Å²) in [5.74, 6) is -0.476. The number of hydrogen-bond acceptors (Lipinski definition) is 7. The lowest BCUT2D eigenvalue weighted by atomic mass is 10.2. The van der Waals surface area contributed by atoms with E-state index in [4.69, 9.17) is 9.15 Å². The molecule has 4 aromatic heterocycles. The molecule has 0 aliphatic rings. The van der Waals surface area contributed by atoms with Gasteiger partial charge in [-0.25, -0.2) is 9.78 Å². The molecule has 0 aromatic carbocycles. The third kappa shape index (κ3) is 2.77. The molecule has 0 bridgehead atoms. The Morgan fingerprint density at radius 1 is 1.35 bits per heavy atom. The molecular formula is C18H14N2O4S2. The van der Waals surface area contributed by atoms with E-state index in [9.17, 15) is 9.59 Å². The van der Waals surface area contributed by atoms with E-state index in [2.05, 4.69) is 4.98 Å². The fourth-order valence-corrected chi connectivity index (χ4v) is 4.62. The van der Waals surface area contributed by atoms with Crippen molar-refractivity contribution in [3.8, 4) is 10.4 Å². The van der Waals surface area contributed by atoms with Crippen LogP contribution in [0.15, 0.2) is 45.4 Å². The first kappa shape index (κ1) is 16.7. The number of furan rings is 1. The summed E-state index contributed by atoms with van der Waals surface area (Å²) in [6.07, 6.45) is 2.90. The Morgan fingerprint density at radius 2 is 2.19 bits per heavy atom. The number of ether oxygens (including phenoxy) is 1. The van der Waals surface area contributed by atoms with Crippen molar-refractivity contribution in [3.05, 3.63) is 62.7 Å². The minimum atomic E-state index is -0.572. The van der Waals surface area contributed by atoms with Crippen molar-refractivity contribution < 1.29 is 13.9 Å². The summed E-state index contributed by atoms with van der Waals surface area (Å²) < 4.78 is 11.4. The van der Waals surface area contributed by atoms with Gasteiger partial charge in [0.15, 0.2) is 0 Å². The van der Waals surface area contributed by atoms with E-state index in [1.165, 1.54) is 40.5 Å².